The van der Waals surface area contributed by atoms with E-state index in [2.05, 4.69) is 5.32 Å². The number of thioether (sulfide) groups is 1. The van der Waals surface area contributed by atoms with Crippen molar-refractivity contribution in [2.45, 2.75) is 23.4 Å². The van der Waals surface area contributed by atoms with Crippen molar-refractivity contribution >= 4 is 17.7 Å². The standard InChI is InChI=1S/C13H15F3N2OS/c1-9-8-18(7-6-17-9)12(19)10-2-4-11(5-3-10)20-13(14,15)16/h2-5,9,17H,6-8H2,1H3. The van der Waals surface area contributed by atoms with Gasteiger partial charge in [0, 0.05) is 36.1 Å². The van der Waals surface area contributed by atoms with Crippen LogP contribution in [0.1, 0.15) is 17.3 Å². The van der Waals surface area contributed by atoms with Gasteiger partial charge >= 0.3 is 5.51 Å². The van der Waals surface area contributed by atoms with E-state index in [9.17, 15) is 18.0 Å². The number of rotatable bonds is 2. The van der Waals surface area contributed by atoms with E-state index in [-0.39, 0.29) is 28.6 Å². The Bertz CT molecular complexity index is 475. The molecule has 1 aromatic rings. The fourth-order valence-electron chi connectivity index (χ4n) is 2.10. The largest absolute Gasteiger partial charge is 0.446 e. The normalized spacial score (nSPS) is 20.0. The van der Waals surface area contributed by atoms with Gasteiger partial charge in [0.2, 0.25) is 0 Å². The molecule has 3 nitrogen and oxygen atoms in total. The number of amides is 1. The second kappa shape index (κ2) is 6.05. The lowest BCUT2D eigenvalue weighted by Crippen LogP contribution is -2.51. The molecule has 1 aliphatic heterocycles. The Balaban J connectivity index is 2.04. The maximum absolute atomic E-state index is 12.2. The Morgan fingerprint density at radius 2 is 2.00 bits per heavy atom. The molecule has 7 heteroatoms. The molecule has 1 heterocycles. The van der Waals surface area contributed by atoms with Crippen molar-refractivity contribution in [2.24, 2.45) is 0 Å². The van der Waals surface area contributed by atoms with Gasteiger partial charge in [0.25, 0.3) is 5.91 Å². The van der Waals surface area contributed by atoms with Crippen LogP contribution < -0.4 is 5.32 Å². The van der Waals surface area contributed by atoms with Crippen molar-refractivity contribution < 1.29 is 18.0 Å². The summed E-state index contributed by atoms with van der Waals surface area (Å²) in [7, 11) is 0. The molecule has 1 aliphatic rings. The summed E-state index contributed by atoms with van der Waals surface area (Å²) in [4.78, 5) is 14.0. The first-order valence-electron chi connectivity index (χ1n) is 6.23. The van der Waals surface area contributed by atoms with Crippen molar-refractivity contribution in [3.8, 4) is 0 Å². The number of nitrogens with one attached hydrogen (secondary N) is 1. The lowest BCUT2D eigenvalue weighted by molar-refractivity contribution is -0.0328. The second-order valence-corrected chi connectivity index (χ2v) is 5.82. The third-order valence-electron chi connectivity index (χ3n) is 2.99. The van der Waals surface area contributed by atoms with E-state index < -0.39 is 5.51 Å². The smallest absolute Gasteiger partial charge is 0.336 e. The minimum atomic E-state index is -4.31. The van der Waals surface area contributed by atoms with Crippen molar-refractivity contribution in [2.75, 3.05) is 19.6 Å². The lowest BCUT2D eigenvalue weighted by Gasteiger charge is -2.32. The highest BCUT2D eigenvalue weighted by molar-refractivity contribution is 8.00. The Morgan fingerprint density at radius 1 is 1.35 bits per heavy atom. The van der Waals surface area contributed by atoms with E-state index in [0.717, 1.165) is 6.54 Å². The molecule has 1 N–H and O–H groups in total. The molecule has 0 spiro atoms. The number of hydrogen-bond acceptors (Lipinski definition) is 3. The molecule has 1 aromatic carbocycles. The number of nitrogens with zero attached hydrogens (tertiary/aromatic N) is 1. The summed E-state index contributed by atoms with van der Waals surface area (Å²) in [5, 5.41) is 3.23. The van der Waals surface area contributed by atoms with Crippen molar-refractivity contribution in [1.29, 1.82) is 0 Å². The van der Waals surface area contributed by atoms with Crippen molar-refractivity contribution in [1.82, 2.24) is 10.2 Å². The van der Waals surface area contributed by atoms with E-state index >= 15 is 0 Å². The quantitative estimate of drug-likeness (QED) is 0.853. The van der Waals surface area contributed by atoms with Gasteiger partial charge in [-0.1, -0.05) is 0 Å². The van der Waals surface area contributed by atoms with Crippen LogP contribution >= 0.6 is 11.8 Å². The van der Waals surface area contributed by atoms with Crippen LogP contribution in [0.15, 0.2) is 29.2 Å². The SMILES string of the molecule is CC1CN(C(=O)c2ccc(SC(F)(F)F)cc2)CCN1. The number of benzene rings is 1. The molecule has 1 fully saturated rings. The Morgan fingerprint density at radius 3 is 2.55 bits per heavy atom. The first-order valence-corrected chi connectivity index (χ1v) is 7.05. The fraction of sp³-hybridized carbons (Fsp3) is 0.462. The zero-order chi connectivity index (χ0) is 14.8. The van der Waals surface area contributed by atoms with E-state index in [0.29, 0.717) is 18.7 Å². The molecule has 0 aromatic heterocycles. The van der Waals surface area contributed by atoms with Crippen LogP contribution in [0.4, 0.5) is 13.2 Å². The maximum atomic E-state index is 12.2. The highest BCUT2D eigenvalue weighted by atomic mass is 32.2. The molecule has 0 radical (unpaired) electrons. The molecule has 110 valence electrons. The van der Waals surface area contributed by atoms with Gasteiger partial charge in [-0.3, -0.25) is 4.79 Å². The predicted octanol–water partition coefficient (Wildman–Crippen LogP) is 2.73. The predicted molar refractivity (Wildman–Crippen MR) is 71.7 cm³/mol. The summed E-state index contributed by atoms with van der Waals surface area (Å²) < 4.78 is 36.6. The molecule has 1 unspecified atom stereocenters. The summed E-state index contributed by atoms with van der Waals surface area (Å²) in [6.45, 7) is 3.94. The van der Waals surface area contributed by atoms with Crippen LogP contribution in [0.5, 0.6) is 0 Å². The van der Waals surface area contributed by atoms with Gasteiger partial charge in [0.1, 0.15) is 0 Å². The van der Waals surface area contributed by atoms with Gasteiger partial charge in [0.05, 0.1) is 0 Å². The lowest BCUT2D eigenvalue weighted by atomic mass is 10.1. The molecule has 1 atom stereocenters. The fourth-order valence-corrected chi connectivity index (χ4v) is 2.64. The molecule has 1 saturated heterocycles. The number of alkyl halides is 3. The highest BCUT2D eigenvalue weighted by Crippen LogP contribution is 2.36. The van der Waals surface area contributed by atoms with E-state index in [1.165, 1.54) is 24.3 Å². The molecule has 20 heavy (non-hydrogen) atoms. The van der Waals surface area contributed by atoms with Crippen LogP contribution in [0.2, 0.25) is 0 Å². The molecule has 0 aliphatic carbocycles. The van der Waals surface area contributed by atoms with Crippen LogP contribution in [0.25, 0.3) is 0 Å². The van der Waals surface area contributed by atoms with E-state index in [1.54, 1.807) is 4.90 Å². The molecular weight excluding hydrogens is 289 g/mol. The number of piperazine rings is 1. The minimum Gasteiger partial charge on any atom is -0.336 e. The number of hydrogen-bond donors (Lipinski definition) is 1. The minimum absolute atomic E-state index is 0.0859. The average molecular weight is 304 g/mol. The average Bonchev–Trinajstić information content (AvgIpc) is 2.37. The highest BCUT2D eigenvalue weighted by Gasteiger charge is 2.29. The Kier molecular flexibility index (Phi) is 4.59. The van der Waals surface area contributed by atoms with Gasteiger partial charge in [-0.05, 0) is 43.0 Å². The zero-order valence-corrected chi connectivity index (χ0v) is 11.7. The first kappa shape index (κ1) is 15.2. The Labute approximate surface area is 119 Å². The second-order valence-electron chi connectivity index (χ2n) is 4.68. The number of carbonyl (C=O) groups excluding carboxylic acids is 1. The first-order chi connectivity index (χ1) is 9.35. The van der Waals surface area contributed by atoms with Gasteiger partial charge in [-0.2, -0.15) is 13.2 Å². The summed E-state index contributed by atoms with van der Waals surface area (Å²) in [6.07, 6.45) is 0. The molecule has 2 rings (SSSR count). The van der Waals surface area contributed by atoms with E-state index in [1.807, 2.05) is 6.92 Å². The molecule has 0 saturated carbocycles. The Hall–Kier alpha value is -1.21. The monoisotopic (exact) mass is 304 g/mol. The van der Waals surface area contributed by atoms with E-state index in [4.69, 9.17) is 0 Å². The molecule has 0 bridgehead atoms. The topological polar surface area (TPSA) is 32.3 Å². The van der Waals surface area contributed by atoms with Crippen LogP contribution in [0, 0.1) is 0 Å². The number of carbonyl (C=O) groups is 1. The van der Waals surface area contributed by atoms with Crippen molar-refractivity contribution in [3.63, 3.8) is 0 Å². The number of halogens is 3. The van der Waals surface area contributed by atoms with Crippen molar-refractivity contribution in [3.05, 3.63) is 29.8 Å². The molecule has 1 amide bonds. The van der Waals surface area contributed by atoms with Crippen LogP contribution in [-0.4, -0.2) is 42.0 Å². The van der Waals surface area contributed by atoms with Gasteiger partial charge in [0.15, 0.2) is 0 Å². The summed E-state index contributed by atoms with van der Waals surface area (Å²) in [5.74, 6) is -0.137. The van der Waals surface area contributed by atoms with Crippen LogP contribution in [-0.2, 0) is 0 Å². The summed E-state index contributed by atoms with van der Waals surface area (Å²) in [5.41, 5.74) is -3.88. The maximum Gasteiger partial charge on any atom is 0.446 e. The summed E-state index contributed by atoms with van der Waals surface area (Å²) in [6, 6.07) is 5.79. The van der Waals surface area contributed by atoms with Gasteiger partial charge in [-0.15, -0.1) is 0 Å². The van der Waals surface area contributed by atoms with Gasteiger partial charge < -0.3 is 10.2 Å². The van der Waals surface area contributed by atoms with Gasteiger partial charge in [-0.25, -0.2) is 0 Å². The third-order valence-corrected chi connectivity index (χ3v) is 3.73. The molecular formula is C13H15F3N2OS. The summed E-state index contributed by atoms with van der Waals surface area (Å²) >= 11 is -0.178. The van der Waals surface area contributed by atoms with Crippen LogP contribution in [0.3, 0.4) is 0 Å². The third kappa shape index (κ3) is 4.14. The zero-order valence-electron chi connectivity index (χ0n) is 10.9.